The standard InChI is InChI=1S/C18H24N2S.C6H4ClF.C4H11NO.C3H7F.C2H6/c1-5-7-9-14(3)16-13-19-18(15(4)21-12-6-2)20-11-8-10-17(16)20;7-5-2-1-3-6(8)4-5;1-5-3-2-4-6;1-3(2)4;1-2/h6-7,9,12H,3-5,8,10-11,13H2,1-2H3;1-4H;5-6H,2-4H2,1H3;3H,1-2H3;1-2H3/b9-7-,12-6-;;;;. The van der Waals surface area contributed by atoms with E-state index in [9.17, 15) is 8.78 Å². The monoisotopic (exact) mass is 611 g/mol. The van der Waals surface area contributed by atoms with Crippen LogP contribution in [0.25, 0.3) is 0 Å². The number of nitrogens with zero attached hydrogens (tertiary/aromatic N) is 2. The van der Waals surface area contributed by atoms with Crippen molar-refractivity contribution in [2.45, 2.75) is 73.4 Å². The summed E-state index contributed by atoms with van der Waals surface area (Å²) in [6, 6.07) is 5.82. The van der Waals surface area contributed by atoms with Crippen LogP contribution in [0, 0.1) is 5.82 Å². The first-order valence-corrected chi connectivity index (χ1v) is 15.6. The number of allylic oxidation sites excluding steroid dienone is 4. The van der Waals surface area contributed by atoms with Gasteiger partial charge in [0.1, 0.15) is 11.7 Å². The number of amidine groups is 1. The molecule has 0 bridgehead atoms. The molecule has 0 aliphatic carbocycles. The summed E-state index contributed by atoms with van der Waals surface area (Å²) < 4.78 is 23.1. The normalized spacial score (nSPS) is 13.7. The zero-order valence-electron chi connectivity index (χ0n) is 26.2. The van der Waals surface area contributed by atoms with Gasteiger partial charge in [-0.1, -0.05) is 81.6 Å². The molecule has 0 amide bonds. The van der Waals surface area contributed by atoms with Crippen LogP contribution in [0.5, 0.6) is 0 Å². The molecule has 0 atom stereocenters. The molecular formula is C33H52ClF2N3OS. The molecule has 41 heavy (non-hydrogen) atoms. The summed E-state index contributed by atoms with van der Waals surface area (Å²) in [7, 11) is 1.87. The Morgan fingerprint density at radius 3 is 2.41 bits per heavy atom. The summed E-state index contributed by atoms with van der Waals surface area (Å²) >= 11 is 7.05. The van der Waals surface area contributed by atoms with Crippen LogP contribution in [0.4, 0.5) is 8.78 Å². The Labute approximate surface area is 258 Å². The number of aliphatic hydroxyl groups is 1. The van der Waals surface area contributed by atoms with Crippen molar-refractivity contribution in [3.63, 3.8) is 0 Å². The molecular weight excluding hydrogens is 560 g/mol. The largest absolute Gasteiger partial charge is 0.396 e. The molecule has 4 nitrogen and oxygen atoms in total. The fourth-order valence-corrected chi connectivity index (χ4v) is 4.12. The number of hydrogen-bond donors (Lipinski definition) is 2. The second kappa shape index (κ2) is 26.7. The number of aliphatic hydroxyl groups excluding tert-OH is 1. The number of alkyl halides is 1. The molecule has 232 valence electrons. The summed E-state index contributed by atoms with van der Waals surface area (Å²) in [6.45, 7) is 22.5. The maximum Gasteiger partial charge on any atom is 0.141 e. The first-order chi connectivity index (χ1) is 19.6. The highest BCUT2D eigenvalue weighted by atomic mass is 35.5. The number of nitrogens with one attached hydrogen (secondary N) is 1. The van der Waals surface area contributed by atoms with Crippen molar-refractivity contribution in [2.75, 3.05) is 33.3 Å². The smallest absolute Gasteiger partial charge is 0.141 e. The number of benzene rings is 1. The second-order valence-corrected chi connectivity index (χ2v) is 10.2. The van der Waals surface area contributed by atoms with Crippen LogP contribution < -0.4 is 5.32 Å². The van der Waals surface area contributed by atoms with Crippen LogP contribution in [0.15, 0.2) is 87.8 Å². The summed E-state index contributed by atoms with van der Waals surface area (Å²) in [5.74, 6) is 0.749. The number of hydrogen-bond acceptors (Lipinski definition) is 5. The zero-order valence-corrected chi connectivity index (χ0v) is 27.7. The third kappa shape index (κ3) is 19.5. The Kier molecular flexibility index (Phi) is 26.7. The van der Waals surface area contributed by atoms with Crippen molar-refractivity contribution >= 4 is 29.2 Å². The molecule has 2 aliphatic heterocycles. The van der Waals surface area contributed by atoms with E-state index in [0.29, 0.717) is 11.6 Å². The SMILES string of the molecule is C=C(/C=C\CC)C1=C2CCCN2C(C(=C)S/C=C\C)=NC1.CC.CC(C)F.CNCCCO.Fc1cccc(Cl)c1. The summed E-state index contributed by atoms with van der Waals surface area (Å²) in [5, 5.41) is 13.6. The Bertz CT molecular complexity index is 966. The van der Waals surface area contributed by atoms with Gasteiger partial charge >= 0.3 is 0 Å². The minimum atomic E-state index is -0.667. The summed E-state index contributed by atoms with van der Waals surface area (Å²) in [5.41, 5.74) is 3.80. The molecule has 0 unspecified atom stereocenters. The van der Waals surface area contributed by atoms with E-state index in [1.165, 1.54) is 43.7 Å². The zero-order chi connectivity index (χ0) is 31.6. The lowest BCUT2D eigenvalue weighted by molar-refractivity contribution is 0.287. The van der Waals surface area contributed by atoms with Crippen LogP contribution in [0.3, 0.4) is 0 Å². The molecule has 1 aromatic rings. The lowest BCUT2D eigenvalue weighted by Crippen LogP contribution is -2.31. The van der Waals surface area contributed by atoms with E-state index in [-0.39, 0.29) is 5.82 Å². The van der Waals surface area contributed by atoms with E-state index in [1.54, 1.807) is 23.9 Å². The molecule has 2 heterocycles. The van der Waals surface area contributed by atoms with Crippen LogP contribution in [-0.4, -0.2) is 55.3 Å². The molecule has 0 radical (unpaired) electrons. The molecule has 0 aromatic heterocycles. The van der Waals surface area contributed by atoms with E-state index < -0.39 is 6.17 Å². The fraction of sp³-hybridized carbons (Fsp3) is 0.485. The molecule has 2 N–H and O–H groups in total. The Morgan fingerprint density at radius 2 is 1.95 bits per heavy atom. The quantitative estimate of drug-likeness (QED) is 0.216. The topological polar surface area (TPSA) is 47.9 Å². The van der Waals surface area contributed by atoms with Gasteiger partial charge in [-0.25, -0.2) is 8.78 Å². The van der Waals surface area contributed by atoms with E-state index in [0.717, 1.165) is 55.2 Å². The van der Waals surface area contributed by atoms with E-state index in [4.69, 9.17) is 21.7 Å². The predicted molar refractivity (Wildman–Crippen MR) is 180 cm³/mol. The highest BCUT2D eigenvalue weighted by molar-refractivity contribution is 8.06. The maximum absolute atomic E-state index is 12.1. The molecule has 8 heteroatoms. The van der Waals surface area contributed by atoms with Crippen molar-refractivity contribution in [1.82, 2.24) is 10.2 Å². The van der Waals surface area contributed by atoms with Gasteiger partial charge in [0.2, 0.25) is 0 Å². The van der Waals surface area contributed by atoms with Crippen molar-refractivity contribution in [2.24, 2.45) is 4.99 Å². The van der Waals surface area contributed by atoms with E-state index >= 15 is 0 Å². The summed E-state index contributed by atoms with van der Waals surface area (Å²) in [4.78, 5) is 8.14. The predicted octanol–water partition coefficient (Wildman–Crippen LogP) is 9.51. The first kappa shape index (κ1) is 40.9. The van der Waals surface area contributed by atoms with Gasteiger partial charge in [-0.05, 0) is 94.8 Å². The number of halogens is 3. The lowest BCUT2D eigenvalue weighted by Gasteiger charge is -2.29. The van der Waals surface area contributed by atoms with Crippen LogP contribution in [-0.2, 0) is 0 Å². The molecule has 1 saturated heterocycles. The highest BCUT2D eigenvalue weighted by Gasteiger charge is 2.29. The first-order valence-electron chi connectivity index (χ1n) is 14.3. The van der Waals surface area contributed by atoms with Gasteiger partial charge in [0, 0.05) is 28.8 Å². The lowest BCUT2D eigenvalue weighted by atomic mass is 10.0. The Balaban J connectivity index is 0. The van der Waals surface area contributed by atoms with Gasteiger partial charge in [0.05, 0.1) is 12.7 Å². The number of rotatable bonds is 9. The molecule has 0 saturated carbocycles. The van der Waals surface area contributed by atoms with Gasteiger partial charge in [-0.3, -0.25) is 4.99 Å². The second-order valence-electron chi connectivity index (χ2n) is 8.80. The number of thioether (sulfide) groups is 1. The van der Waals surface area contributed by atoms with Crippen LogP contribution >= 0.6 is 23.4 Å². The molecule has 3 rings (SSSR count). The minimum absolute atomic E-state index is 0.292. The Morgan fingerprint density at radius 1 is 1.29 bits per heavy atom. The fourth-order valence-electron chi connectivity index (χ4n) is 3.36. The van der Waals surface area contributed by atoms with Crippen LogP contribution in [0.2, 0.25) is 5.02 Å². The van der Waals surface area contributed by atoms with Crippen LogP contribution in [0.1, 0.15) is 67.2 Å². The van der Waals surface area contributed by atoms with Crippen molar-refractivity contribution in [1.29, 1.82) is 0 Å². The maximum atomic E-state index is 12.1. The third-order valence-corrected chi connectivity index (χ3v) is 6.13. The molecule has 1 fully saturated rings. The minimum Gasteiger partial charge on any atom is -0.396 e. The average molecular weight is 612 g/mol. The Hall–Kier alpha value is -2.19. The highest BCUT2D eigenvalue weighted by Crippen LogP contribution is 2.35. The van der Waals surface area contributed by atoms with Gasteiger partial charge < -0.3 is 15.3 Å². The average Bonchev–Trinajstić information content (AvgIpc) is 3.44. The van der Waals surface area contributed by atoms with Gasteiger partial charge in [-0.15, -0.1) is 0 Å². The number of fused-ring (bicyclic) bond motifs is 1. The van der Waals surface area contributed by atoms with Crippen molar-refractivity contribution in [3.05, 3.63) is 93.6 Å². The van der Waals surface area contributed by atoms with Gasteiger partial charge in [0.15, 0.2) is 0 Å². The van der Waals surface area contributed by atoms with Gasteiger partial charge in [0.25, 0.3) is 0 Å². The number of aliphatic imine (C=N–C) groups is 1. The molecule has 0 spiro atoms. The van der Waals surface area contributed by atoms with E-state index in [2.05, 4.69) is 47.9 Å². The van der Waals surface area contributed by atoms with Gasteiger partial charge in [-0.2, -0.15) is 0 Å². The van der Waals surface area contributed by atoms with E-state index in [1.807, 2.05) is 33.9 Å². The van der Waals surface area contributed by atoms with Crippen molar-refractivity contribution < 1.29 is 13.9 Å². The molecule has 2 aliphatic rings. The molecule has 1 aromatic carbocycles. The summed E-state index contributed by atoms with van der Waals surface area (Å²) in [6.07, 6.45) is 9.85. The third-order valence-electron chi connectivity index (χ3n) is 5.02. The van der Waals surface area contributed by atoms with Crippen molar-refractivity contribution in [3.8, 4) is 0 Å².